The highest BCUT2D eigenvalue weighted by molar-refractivity contribution is 7.87. The summed E-state index contributed by atoms with van der Waals surface area (Å²) in [4.78, 5) is 23.4. The first-order valence-corrected chi connectivity index (χ1v) is 8.56. The number of halogens is 1. The van der Waals surface area contributed by atoms with E-state index in [1.165, 1.54) is 7.05 Å². The average Bonchev–Trinajstić information content (AvgIpc) is 2.48. The number of amides is 2. The van der Waals surface area contributed by atoms with Crippen LogP contribution in [0.15, 0.2) is 18.2 Å². The van der Waals surface area contributed by atoms with Crippen LogP contribution in [-0.4, -0.2) is 44.4 Å². The lowest BCUT2D eigenvalue weighted by atomic mass is 10.2. The zero-order valence-electron chi connectivity index (χ0n) is 13.8. The van der Waals surface area contributed by atoms with Crippen LogP contribution in [0.4, 0.5) is 14.9 Å². The van der Waals surface area contributed by atoms with Crippen LogP contribution >= 0.6 is 0 Å². The quantitative estimate of drug-likeness (QED) is 0.802. The molecule has 8 nitrogen and oxygen atoms in total. The number of anilines is 1. The van der Waals surface area contributed by atoms with Gasteiger partial charge < -0.3 is 4.74 Å². The minimum absolute atomic E-state index is 0.0907. The van der Waals surface area contributed by atoms with Gasteiger partial charge in [-0.3, -0.25) is 10.1 Å². The Kier molecular flexibility index (Phi) is 6.67. The molecule has 0 saturated carbocycles. The summed E-state index contributed by atoms with van der Waals surface area (Å²) in [5, 5.41) is 2.13. The lowest BCUT2D eigenvalue weighted by Crippen LogP contribution is -2.44. The Balaban J connectivity index is 2.98. The molecule has 1 aromatic carbocycles. The summed E-state index contributed by atoms with van der Waals surface area (Å²) in [6.07, 6.45) is -0.888. The second-order valence-corrected chi connectivity index (χ2v) is 6.82. The predicted octanol–water partition coefficient (Wildman–Crippen LogP) is 1.71. The highest BCUT2D eigenvalue weighted by Crippen LogP contribution is 2.17. The number of rotatable bonds is 6. The maximum Gasteiger partial charge on any atom is 0.411 e. The fraction of sp³-hybridized carbons (Fsp3) is 0.429. The molecule has 0 atom stereocenters. The standard InChI is InChI=1S/C14H20FN3O5S/c1-5-23-14(20)16-12-8-10(6-7-11(12)15)13(19)17-24(21,22)18(4)9(2)3/h6-9H,5H2,1-4H3,(H,16,20)(H,17,19). The maximum atomic E-state index is 13.7. The Morgan fingerprint density at radius 1 is 1.33 bits per heavy atom. The molecule has 0 aliphatic carbocycles. The Labute approximate surface area is 140 Å². The average molecular weight is 361 g/mol. The first-order valence-electron chi connectivity index (χ1n) is 7.12. The number of carbonyl (C=O) groups is 2. The molecular formula is C14H20FN3O5S. The molecule has 2 amide bonds. The van der Waals surface area contributed by atoms with Gasteiger partial charge >= 0.3 is 16.3 Å². The molecule has 0 aliphatic heterocycles. The summed E-state index contributed by atoms with van der Waals surface area (Å²) < 4.78 is 45.1. The molecule has 0 unspecified atom stereocenters. The van der Waals surface area contributed by atoms with E-state index in [-0.39, 0.29) is 23.9 Å². The molecule has 1 rings (SSSR count). The number of nitrogens with one attached hydrogen (secondary N) is 2. The van der Waals surface area contributed by atoms with Gasteiger partial charge in [0.05, 0.1) is 12.3 Å². The summed E-state index contributed by atoms with van der Waals surface area (Å²) in [6, 6.07) is 2.71. The highest BCUT2D eigenvalue weighted by Gasteiger charge is 2.24. The molecular weight excluding hydrogens is 341 g/mol. The van der Waals surface area contributed by atoms with Crippen LogP contribution in [0.5, 0.6) is 0 Å². The van der Waals surface area contributed by atoms with Gasteiger partial charge in [0.25, 0.3) is 5.91 Å². The molecule has 0 heterocycles. The van der Waals surface area contributed by atoms with Gasteiger partial charge in [-0.05, 0) is 39.0 Å². The van der Waals surface area contributed by atoms with E-state index in [1.807, 2.05) is 4.72 Å². The number of carbonyl (C=O) groups excluding carboxylic acids is 2. The van der Waals surface area contributed by atoms with Crippen LogP contribution in [-0.2, 0) is 14.9 Å². The lowest BCUT2D eigenvalue weighted by molar-refractivity contribution is 0.0979. The largest absolute Gasteiger partial charge is 0.450 e. The molecule has 0 aromatic heterocycles. The van der Waals surface area contributed by atoms with E-state index >= 15 is 0 Å². The van der Waals surface area contributed by atoms with E-state index in [0.717, 1.165) is 22.5 Å². The van der Waals surface area contributed by atoms with Crippen molar-refractivity contribution in [3.8, 4) is 0 Å². The van der Waals surface area contributed by atoms with Crippen LogP contribution in [0.3, 0.4) is 0 Å². The second-order valence-electron chi connectivity index (χ2n) is 5.09. The molecule has 0 aliphatic rings. The van der Waals surface area contributed by atoms with E-state index in [1.54, 1.807) is 20.8 Å². The third-order valence-corrected chi connectivity index (χ3v) is 4.69. The van der Waals surface area contributed by atoms with E-state index < -0.39 is 28.0 Å². The molecule has 0 radical (unpaired) electrons. The lowest BCUT2D eigenvalue weighted by Gasteiger charge is -2.21. The number of hydrogen-bond donors (Lipinski definition) is 2. The van der Waals surface area contributed by atoms with Crippen molar-refractivity contribution in [3.05, 3.63) is 29.6 Å². The number of benzene rings is 1. The van der Waals surface area contributed by atoms with Gasteiger partial charge in [-0.2, -0.15) is 12.7 Å². The molecule has 1 aromatic rings. The number of hydrogen-bond acceptors (Lipinski definition) is 5. The van der Waals surface area contributed by atoms with E-state index in [4.69, 9.17) is 0 Å². The van der Waals surface area contributed by atoms with Crippen molar-refractivity contribution in [2.75, 3.05) is 19.0 Å². The SMILES string of the molecule is CCOC(=O)Nc1cc(C(=O)NS(=O)(=O)N(C)C(C)C)ccc1F. The van der Waals surface area contributed by atoms with Crippen LogP contribution < -0.4 is 10.0 Å². The Morgan fingerprint density at radius 2 is 1.96 bits per heavy atom. The molecule has 0 spiro atoms. The Morgan fingerprint density at radius 3 is 2.50 bits per heavy atom. The molecule has 10 heteroatoms. The second kappa shape index (κ2) is 8.06. The van der Waals surface area contributed by atoms with Gasteiger partial charge in [0.2, 0.25) is 0 Å². The van der Waals surface area contributed by atoms with Crippen molar-refractivity contribution in [1.29, 1.82) is 0 Å². The fourth-order valence-corrected chi connectivity index (χ4v) is 2.62. The van der Waals surface area contributed by atoms with Crippen molar-refractivity contribution in [1.82, 2.24) is 9.03 Å². The summed E-state index contributed by atoms with van der Waals surface area (Å²) in [6.45, 7) is 4.95. The monoisotopic (exact) mass is 361 g/mol. The van der Waals surface area contributed by atoms with Crippen LogP contribution in [0.2, 0.25) is 0 Å². The summed E-state index contributed by atoms with van der Waals surface area (Å²) in [7, 11) is -2.72. The minimum Gasteiger partial charge on any atom is -0.450 e. The normalized spacial score (nSPS) is 11.5. The minimum atomic E-state index is -4.03. The summed E-state index contributed by atoms with van der Waals surface area (Å²) >= 11 is 0. The third-order valence-electron chi connectivity index (χ3n) is 3.07. The topological polar surface area (TPSA) is 105 Å². The van der Waals surface area contributed by atoms with Crippen LogP contribution in [0, 0.1) is 5.82 Å². The van der Waals surface area contributed by atoms with Crippen LogP contribution in [0.25, 0.3) is 0 Å². The van der Waals surface area contributed by atoms with Crippen molar-refractivity contribution in [3.63, 3.8) is 0 Å². The molecule has 0 fully saturated rings. The van der Waals surface area contributed by atoms with Gasteiger partial charge in [0.1, 0.15) is 5.82 Å². The molecule has 2 N–H and O–H groups in total. The first-order chi connectivity index (χ1) is 11.1. The zero-order valence-corrected chi connectivity index (χ0v) is 14.6. The van der Waals surface area contributed by atoms with Crippen molar-refractivity contribution in [2.24, 2.45) is 0 Å². The number of nitrogens with zero attached hydrogens (tertiary/aromatic N) is 1. The van der Waals surface area contributed by atoms with Crippen molar-refractivity contribution >= 4 is 27.9 Å². The first kappa shape index (κ1) is 19.8. The Hall–Kier alpha value is -2.20. The number of ether oxygens (including phenoxy) is 1. The summed E-state index contributed by atoms with van der Waals surface area (Å²) in [5.74, 6) is -1.74. The molecule has 134 valence electrons. The van der Waals surface area contributed by atoms with Crippen molar-refractivity contribution < 1.29 is 27.1 Å². The molecule has 0 bridgehead atoms. The van der Waals surface area contributed by atoms with Crippen molar-refractivity contribution in [2.45, 2.75) is 26.8 Å². The van der Waals surface area contributed by atoms with Gasteiger partial charge in [0.15, 0.2) is 0 Å². The maximum absolute atomic E-state index is 13.7. The van der Waals surface area contributed by atoms with Gasteiger partial charge in [-0.1, -0.05) is 0 Å². The van der Waals surface area contributed by atoms with E-state index in [0.29, 0.717) is 0 Å². The molecule has 0 saturated heterocycles. The third kappa shape index (κ3) is 5.17. The van der Waals surface area contributed by atoms with Gasteiger partial charge in [-0.15, -0.1) is 0 Å². The van der Waals surface area contributed by atoms with Crippen LogP contribution in [0.1, 0.15) is 31.1 Å². The predicted molar refractivity (Wildman–Crippen MR) is 86.3 cm³/mol. The summed E-state index contributed by atoms with van der Waals surface area (Å²) in [5.41, 5.74) is -0.431. The fourth-order valence-electron chi connectivity index (χ4n) is 1.57. The smallest absolute Gasteiger partial charge is 0.411 e. The van der Waals surface area contributed by atoms with E-state index in [2.05, 4.69) is 10.1 Å². The van der Waals surface area contributed by atoms with Gasteiger partial charge in [-0.25, -0.2) is 13.9 Å². The Bertz CT molecular complexity index is 721. The van der Waals surface area contributed by atoms with E-state index in [9.17, 15) is 22.4 Å². The highest BCUT2D eigenvalue weighted by atomic mass is 32.2. The zero-order chi connectivity index (χ0) is 18.5. The molecule has 24 heavy (non-hydrogen) atoms. The van der Waals surface area contributed by atoms with Gasteiger partial charge in [0, 0.05) is 18.7 Å².